The van der Waals surface area contributed by atoms with E-state index in [1.165, 1.54) is 0 Å². The van der Waals surface area contributed by atoms with Crippen LogP contribution in [0.5, 0.6) is 0 Å². The zero-order valence-corrected chi connectivity index (χ0v) is 16.2. The summed E-state index contributed by atoms with van der Waals surface area (Å²) in [5.41, 5.74) is 4.42. The van der Waals surface area contributed by atoms with E-state index in [2.05, 4.69) is 32.2 Å². The number of aryl methyl sites for hydroxylation is 2. The first kappa shape index (κ1) is 17.7. The molecule has 0 amide bonds. The molecule has 3 heterocycles. The molecule has 0 saturated heterocycles. The Morgan fingerprint density at radius 3 is 2.96 bits per heavy atom. The van der Waals surface area contributed by atoms with Crippen molar-refractivity contribution in [3.63, 3.8) is 0 Å². The van der Waals surface area contributed by atoms with Gasteiger partial charge in [-0.3, -0.25) is 4.98 Å². The van der Waals surface area contributed by atoms with E-state index < -0.39 is 0 Å². The highest BCUT2D eigenvalue weighted by atomic mass is 32.1. The van der Waals surface area contributed by atoms with Crippen molar-refractivity contribution in [1.29, 1.82) is 0 Å². The number of oxime groups is 1. The molecule has 0 N–H and O–H groups in total. The fourth-order valence-corrected chi connectivity index (χ4v) is 3.89. The summed E-state index contributed by atoms with van der Waals surface area (Å²) >= 11 is 1.55. The highest BCUT2D eigenvalue weighted by molar-refractivity contribution is 7.18. The molecule has 1 aliphatic rings. The Kier molecular flexibility index (Phi) is 5.15. The Balaban J connectivity index is 1.71. The molecule has 7 nitrogen and oxygen atoms in total. The zero-order valence-electron chi connectivity index (χ0n) is 15.3. The average molecular weight is 380 g/mol. The number of rotatable bonds is 5. The summed E-state index contributed by atoms with van der Waals surface area (Å²) in [6.07, 6.45) is 7.19. The van der Waals surface area contributed by atoms with Crippen LogP contribution in [0.4, 0.5) is 0 Å². The first-order valence-electron chi connectivity index (χ1n) is 9.07. The molecule has 0 unspecified atom stereocenters. The molecule has 8 heteroatoms. The van der Waals surface area contributed by atoms with Crippen molar-refractivity contribution >= 4 is 17.0 Å². The van der Waals surface area contributed by atoms with E-state index in [0.29, 0.717) is 12.4 Å². The minimum absolute atomic E-state index is 0.587. The second kappa shape index (κ2) is 7.87. The molecule has 0 aliphatic heterocycles. The van der Waals surface area contributed by atoms with Gasteiger partial charge < -0.3 is 4.84 Å². The van der Waals surface area contributed by atoms with E-state index in [-0.39, 0.29) is 0 Å². The van der Waals surface area contributed by atoms with Crippen LogP contribution in [0, 0.1) is 6.92 Å². The van der Waals surface area contributed by atoms with E-state index >= 15 is 0 Å². The van der Waals surface area contributed by atoms with E-state index in [1.54, 1.807) is 17.5 Å². The third-order valence-electron chi connectivity index (χ3n) is 4.24. The zero-order chi connectivity index (χ0) is 18.6. The van der Waals surface area contributed by atoms with Crippen molar-refractivity contribution in [2.24, 2.45) is 5.16 Å². The minimum atomic E-state index is 0.587. The monoisotopic (exact) mass is 380 g/mol. The molecule has 3 aromatic rings. The second-order valence-electron chi connectivity index (χ2n) is 6.33. The highest BCUT2D eigenvalue weighted by Gasteiger charge is 2.23. The Bertz CT molecular complexity index is 970. The van der Waals surface area contributed by atoms with Crippen LogP contribution in [0.3, 0.4) is 0 Å². The highest BCUT2D eigenvalue weighted by Crippen LogP contribution is 2.33. The molecule has 138 valence electrons. The van der Waals surface area contributed by atoms with Gasteiger partial charge in [0.1, 0.15) is 23.0 Å². The van der Waals surface area contributed by atoms with Crippen LogP contribution in [-0.2, 0) is 11.3 Å². The van der Waals surface area contributed by atoms with Gasteiger partial charge in [0.2, 0.25) is 0 Å². The fourth-order valence-electron chi connectivity index (χ4n) is 2.91. The van der Waals surface area contributed by atoms with Gasteiger partial charge in [-0.1, -0.05) is 12.1 Å². The van der Waals surface area contributed by atoms with Gasteiger partial charge in [0.05, 0.1) is 16.3 Å². The van der Waals surface area contributed by atoms with Gasteiger partial charge in [-0.2, -0.15) is 5.10 Å². The van der Waals surface area contributed by atoms with Gasteiger partial charge in [-0.05, 0) is 44.7 Å². The molecule has 0 radical (unpaired) electrons. The maximum Gasteiger partial charge on any atom is 0.194 e. The number of aromatic nitrogens is 5. The summed E-state index contributed by atoms with van der Waals surface area (Å²) < 4.78 is 0. The van der Waals surface area contributed by atoms with Gasteiger partial charge in [-0.15, -0.1) is 16.4 Å². The third kappa shape index (κ3) is 3.71. The van der Waals surface area contributed by atoms with Crippen LogP contribution >= 0.6 is 11.3 Å². The first-order chi connectivity index (χ1) is 13.3. The largest absolute Gasteiger partial charge is 0.396 e. The van der Waals surface area contributed by atoms with Crippen LogP contribution in [0.15, 0.2) is 29.7 Å². The second-order valence-corrected chi connectivity index (χ2v) is 7.33. The number of hydrogen-bond donors (Lipinski definition) is 0. The summed E-state index contributed by atoms with van der Waals surface area (Å²) in [6, 6.07) is 3.90. The maximum atomic E-state index is 5.39. The van der Waals surface area contributed by atoms with Gasteiger partial charge >= 0.3 is 0 Å². The third-order valence-corrected chi connectivity index (χ3v) is 5.44. The van der Waals surface area contributed by atoms with Gasteiger partial charge in [-0.25, -0.2) is 9.97 Å². The number of nitrogens with zero attached hydrogens (tertiary/aromatic N) is 6. The summed E-state index contributed by atoms with van der Waals surface area (Å²) in [4.78, 5) is 19.9. The van der Waals surface area contributed by atoms with Crippen molar-refractivity contribution in [2.75, 3.05) is 6.61 Å². The van der Waals surface area contributed by atoms with Crippen LogP contribution in [0.25, 0.3) is 21.3 Å². The van der Waals surface area contributed by atoms with Crippen molar-refractivity contribution in [2.45, 2.75) is 39.5 Å². The topological polar surface area (TPSA) is 86.0 Å². The molecule has 1 aliphatic carbocycles. The molecule has 4 rings (SSSR count). The van der Waals surface area contributed by atoms with E-state index in [9.17, 15) is 0 Å². The lowest BCUT2D eigenvalue weighted by Crippen LogP contribution is -2.18. The lowest BCUT2D eigenvalue weighted by atomic mass is 9.99. The number of fused-ring (bicyclic) bond motifs is 1. The predicted octanol–water partition coefficient (Wildman–Crippen LogP) is 3.83. The normalized spacial score (nSPS) is 15.0. The SMILES string of the molecule is CCCON=C1CCCc2nnc(-c3sc(-c4cccnc4)nc3C)nc21. The van der Waals surface area contributed by atoms with Gasteiger partial charge in [0.15, 0.2) is 5.82 Å². The summed E-state index contributed by atoms with van der Waals surface area (Å²) in [5, 5.41) is 14.0. The minimum Gasteiger partial charge on any atom is -0.396 e. The standard InChI is InChI=1S/C19H20N6OS/c1-3-10-26-25-15-8-4-7-14-16(15)22-18(24-23-14)17-12(2)21-19(27-17)13-6-5-9-20-11-13/h5-6,9,11H,3-4,7-8,10H2,1-2H3. The molecule has 0 spiro atoms. The van der Waals surface area contributed by atoms with Gasteiger partial charge in [0.25, 0.3) is 0 Å². The van der Waals surface area contributed by atoms with E-state index in [1.807, 2.05) is 25.3 Å². The van der Waals surface area contributed by atoms with Crippen LogP contribution in [0.1, 0.15) is 43.3 Å². The first-order valence-corrected chi connectivity index (χ1v) is 9.89. The number of pyridine rings is 1. The number of thiazole rings is 1. The molecule has 0 aromatic carbocycles. The molecule has 0 saturated carbocycles. The summed E-state index contributed by atoms with van der Waals surface area (Å²) in [7, 11) is 0. The van der Waals surface area contributed by atoms with E-state index in [0.717, 1.165) is 63.9 Å². The molecular formula is C19H20N6OS. The molecule has 3 aromatic heterocycles. The molecule has 0 atom stereocenters. The summed E-state index contributed by atoms with van der Waals surface area (Å²) in [6.45, 7) is 4.63. The quantitative estimate of drug-likeness (QED) is 0.494. The van der Waals surface area contributed by atoms with Crippen molar-refractivity contribution in [1.82, 2.24) is 25.1 Å². The van der Waals surface area contributed by atoms with Crippen LogP contribution < -0.4 is 0 Å². The lowest BCUT2D eigenvalue weighted by molar-refractivity contribution is 0.144. The van der Waals surface area contributed by atoms with Crippen molar-refractivity contribution < 1.29 is 4.84 Å². The smallest absolute Gasteiger partial charge is 0.194 e. The van der Waals surface area contributed by atoms with Crippen LogP contribution in [0.2, 0.25) is 0 Å². The Morgan fingerprint density at radius 1 is 1.22 bits per heavy atom. The summed E-state index contributed by atoms with van der Waals surface area (Å²) in [5.74, 6) is 0.587. The lowest BCUT2D eigenvalue weighted by Gasteiger charge is -2.15. The molecule has 27 heavy (non-hydrogen) atoms. The van der Waals surface area contributed by atoms with Crippen molar-refractivity contribution in [3.05, 3.63) is 41.6 Å². The molecule has 0 fully saturated rings. The Hall–Kier alpha value is -2.74. The maximum absolute atomic E-state index is 5.39. The predicted molar refractivity (Wildman–Crippen MR) is 105 cm³/mol. The van der Waals surface area contributed by atoms with E-state index in [4.69, 9.17) is 9.82 Å². The van der Waals surface area contributed by atoms with Crippen LogP contribution in [-0.4, -0.2) is 37.5 Å². The Morgan fingerprint density at radius 2 is 2.15 bits per heavy atom. The number of hydrogen-bond acceptors (Lipinski definition) is 8. The molecule has 0 bridgehead atoms. The average Bonchev–Trinajstić information content (AvgIpc) is 3.10. The fraction of sp³-hybridized carbons (Fsp3) is 0.368. The Labute approximate surface area is 161 Å². The van der Waals surface area contributed by atoms with Gasteiger partial charge in [0, 0.05) is 18.0 Å². The molecular weight excluding hydrogens is 360 g/mol. The van der Waals surface area contributed by atoms with Crippen molar-refractivity contribution in [3.8, 4) is 21.3 Å².